The molecule has 80 valence electrons. The van der Waals surface area contributed by atoms with Gasteiger partial charge in [-0.3, -0.25) is 4.99 Å². The maximum Gasteiger partial charge on any atom is 0.191 e. The van der Waals surface area contributed by atoms with E-state index < -0.39 is 0 Å². The van der Waals surface area contributed by atoms with Crippen LogP contribution in [0, 0.1) is 0 Å². The number of hydrogen-bond acceptors (Lipinski definition) is 5. The van der Waals surface area contributed by atoms with E-state index in [1.54, 1.807) is 7.11 Å². The molecule has 0 aromatic rings. The Hall–Kier alpha value is -0.810. The normalized spacial score (nSPS) is 37.7. The second kappa shape index (κ2) is 3.40. The van der Waals surface area contributed by atoms with Gasteiger partial charge in [-0.05, 0) is 6.42 Å². The molecule has 5 heteroatoms. The van der Waals surface area contributed by atoms with Crippen LogP contribution < -0.4 is 5.73 Å². The molecule has 2 N–H and O–H groups in total. The van der Waals surface area contributed by atoms with Crippen LogP contribution in [-0.2, 0) is 9.47 Å². The minimum atomic E-state index is -0.0723. The molecule has 5 nitrogen and oxygen atoms in total. The minimum Gasteiger partial charge on any atom is -0.379 e. The molecule has 0 saturated carbocycles. The summed E-state index contributed by atoms with van der Waals surface area (Å²) < 4.78 is 10.9. The summed E-state index contributed by atoms with van der Waals surface area (Å²) in [5.41, 5.74) is 5.71. The Balaban J connectivity index is 2.21. The van der Waals surface area contributed by atoms with Crippen LogP contribution in [-0.4, -0.2) is 56.4 Å². The van der Waals surface area contributed by atoms with Crippen LogP contribution in [0.4, 0.5) is 0 Å². The van der Waals surface area contributed by atoms with Crippen LogP contribution in [0.1, 0.15) is 6.42 Å². The molecule has 1 fully saturated rings. The van der Waals surface area contributed by atoms with E-state index in [0.717, 1.165) is 19.6 Å². The Kier molecular flexibility index (Phi) is 2.36. The number of aliphatic imine (C=N–C) groups is 1. The Bertz CT molecular complexity index is 256. The average Bonchev–Trinajstić information content (AvgIpc) is 2.49. The summed E-state index contributed by atoms with van der Waals surface area (Å²) in [6.07, 6.45) is 0.984. The van der Waals surface area contributed by atoms with E-state index >= 15 is 0 Å². The summed E-state index contributed by atoms with van der Waals surface area (Å²) in [5, 5.41) is 0. The van der Waals surface area contributed by atoms with Crippen molar-refractivity contribution >= 4 is 5.96 Å². The minimum absolute atomic E-state index is 0.0612. The molecule has 2 unspecified atom stereocenters. The fourth-order valence-corrected chi connectivity index (χ4v) is 2.27. The van der Waals surface area contributed by atoms with Gasteiger partial charge < -0.3 is 20.1 Å². The average molecular weight is 199 g/mol. The molecule has 1 spiro atoms. The SMILES string of the molecule is COC1COCCC12CN=C(N)N2C. The molecule has 2 aliphatic rings. The number of likely N-dealkylation sites (N-methyl/N-ethyl adjacent to an activating group) is 1. The van der Waals surface area contributed by atoms with Gasteiger partial charge >= 0.3 is 0 Å². The van der Waals surface area contributed by atoms with Gasteiger partial charge in [-0.1, -0.05) is 0 Å². The molecule has 2 atom stereocenters. The summed E-state index contributed by atoms with van der Waals surface area (Å²) in [7, 11) is 3.69. The van der Waals surface area contributed by atoms with Gasteiger partial charge in [-0.25, -0.2) is 0 Å². The molecule has 2 heterocycles. The highest BCUT2D eigenvalue weighted by atomic mass is 16.5. The summed E-state index contributed by atoms with van der Waals surface area (Å²) in [6.45, 7) is 2.10. The van der Waals surface area contributed by atoms with E-state index in [2.05, 4.69) is 4.99 Å². The molecular formula is C9H17N3O2. The van der Waals surface area contributed by atoms with Gasteiger partial charge in [-0.2, -0.15) is 0 Å². The maximum atomic E-state index is 5.78. The summed E-state index contributed by atoms with van der Waals surface area (Å²) >= 11 is 0. The Morgan fingerprint density at radius 1 is 1.71 bits per heavy atom. The largest absolute Gasteiger partial charge is 0.379 e. The molecule has 0 amide bonds. The Morgan fingerprint density at radius 2 is 2.50 bits per heavy atom. The van der Waals surface area contributed by atoms with Crippen molar-refractivity contribution in [3.63, 3.8) is 0 Å². The van der Waals surface area contributed by atoms with E-state index in [4.69, 9.17) is 15.2 Å². The van der Waals surface area contributed by atoms with E-state index in [0.29, 0.717) is 12.6 Å². The van der Waals surface area contributed by atoms with Gasteiger partial charge in [0.2, 0.25) is 0 Å². The Morgan fingerprint density at radius 3 is 3.07 bits per heavy atom. The lowest BCUT2D eigenvalue weighted by Gasteiger charge is -2.44. The van der Waals surface area contributed by atoms with Crippen LogP contribution in [0.5, 0.6) is 0 Å². The van der Waals surface area contributed by atoms with Crippen molar-refractivity contribution in [1.29, 1.82) is 0 Å². The standard InChI is InChI=1S/C9H17N3O2/c1-12-8(10)11-6-9(12)3-4-14-5-7(9)13-2/h7H,3-6H2,1-2H3,(H2,10,11). The van der Waals surface area contributed by atoms with Gasteiger partial charge in [-0.15, -0.1) is 0 Å². The summed E-state index contributed by atoms with van der Waals surface area (Å²) in [4.78, 5) is 6.31. The van der Waals surface area contributed by atoms with E-state index in [1.165, 1.54) is 0 Å². The second-order valence-corrected chi connectivity index (χ2v) is 3.89. The summed E-state index contributed by atoms with van der Waals surface area (Å²) in [5.74, 6) is 0.606. The number of nitrogens with zero attached hydrogens (tertiary/aromatic N) is 2. The molecule has 0 aromatic carbocycles. The van der Waals surface area contributed by atoms with Gasteiger partial charge in [0.15, 0.2) is 5.96 Å². The second-order valence-electron chi connectivity index (χ2n) is 3.89. The number of rotatable bonds is 1. The van der Waals surface area contributed by atoms with Crippen LogP contribution in [0.3, 0.4) is 0 Å². The molecule has 0 radical (unpaired) electrons. The quantitative estimate of drug-likeness (QED) is 0.614. The van der Waals surface area contributed by atoms with Crippen LogP contribution in [0.25, 0.3) is 0 Å². The molecule has 2 rings (SSSR count). The van der Waals surface area contributed by atoms with Crippen molar-refractivity contribution in [2.75, 3.05) is 33.9 Å². The predicted molar refractivity (Wildman–Crippen MR) is 53.2 cm³/mol. The fourth-order valence-electron chi connectivity index (χ4n) is 2.27. The van der Waals surface area contributed by atoms with Crippen LogP contribution in [0.15, 0.2) is 4.99 Å². The predicted octanol–water partition coefficient (Wildman–Crippen LogP) is -0.579. The molecule has 2 aliphatic heterocycles. The van der Waals surface area contributed by atoms with Crippen LogP contribution in [0.2, 0.25) is 0 Å². The van der Waals surface area contributed by atoms with Crippen molar-refractivity contribution < 1.29 is 9.47 Å². The lowest BCUT2D eigenvalue weighted by molar-refractivity contribution is -0.105. The lowest BCUT2D eigenvalue weighted by atomic mass is 9.86. The smallest absolute Gasteiger partial charge is 0.191 e. The zero-order valence-corrected chi connectivity index (χ0v) is 8.69. The first-order valence-corrected chi connectivity index (χ1v) is 4.85. The first-order valence-electron chi connectivity index (χ1n) is 4.85. The third-order valence-corrected chi connectivity index (χ3v) is 3.36. The van der Waals surface area contributed by atoms with Gasteiger partial charge in [0, 0.05) is 20.8 Å². The highest BCUT2D eigenvalue weighted by Crippen LogP contribution is 2.32. The topological polar surface area (TPSA) is 60.1 Å². The van der Waals surface area contributed by atoms with Crippen molar-refractivity contribution in [2.45, 2.75) is 18.1 Å². The zero-order chi connectivity index (χ0) is 10.2. The van der Waals surface area contributed by atoms with E-state index in [9.17, 15) is 0 Å². The molecule has 14 heavy (non-hydrogen) atoms. The van der Waals surface area contributed by atoms with Gasteiger partial charge in [0.1, 0.15) is 6.10 Å². The lowest BCUT2D eigenvalue weighted by Crippen LogP contribution is -2.61. The molecule has 0 aromatic heterocycles. The first-order chi connectivity index (χ1) is 6.70. The monoisotopic (exact) mass is 199 g/mol. The number of ether oxygens (including phenoxy) is 2. The summed E-state index contributed by atoms with van der Waals surface area (Å²) in [6, 6.07) is 0. The fraction of sp³-hybridized carbons (Fsp3) is 0.889. The molecule has 1 saturated heterocycles. The molecule has 0 aliphatic carbocycles. The number of nitrogens with two attached hydrogens (primary N) is 1. The number of guanidine groups is 1. The van der Waals surface area contributed by atoms with E-state index in [1.807, 2.05) is 11.9 Å². The third kappa shape index (κ3) is 1.19. The Labute approximate surface area is 83.9 Å². The molecule has 0 bridgehead atoms. The van der Waals surface area contributed by atoms with Crippen molar-refractivity contribution in [2.24, 2.45) is 10.7 Å². The van der Waals surface area contributed by atoms with Gasteiger partial charge in [0.25, 0.3) is 0 Å². The van der Waals surface area contributed by atoms with Crippen molar-refractivity contribution in [3.8, 4) is 0 Å². The highest BCUT2D eigenvalue weighted by molar-refractivity contribution is 5.80. The van der Waals surface area contributed by atoms with Crippen LogP contribution >= 0.6 is 0 Å². The maximum absolute atomic E-state index is 5.78. The molecular weight excluding hydrogens is 182 g/mol. The zero-order valence-electron chi connectivity index (χ0n) is 8.69. The first kappa shape index (κ1) is 9.73. The number of hydrogen-bond donors (Lipinski definition) is 1. The highest BCUT2D eigenvalue weighted by Gasteiger charge is 2.48. The van der Waals surface area contributed by atoms with Crippen molar-refractivity contribution in [1.82, 2.24) is 4.90 Å². The van der Waals surface area contributed by atoms with Gasteiger partial charge in [0.05, 0.1) is 18.7 Å². The number of methoxy groups -OCH3 is 1. The van der Waals surface area contributed by atoms with E-state index in [-0.39, 0.29) is 11.6 Å². The third-order valence-electron chi connectivity index (χ3n) is 3.36. The van der Waals surface area contributed by atoms with Crippen molar-refractivity contribution in [3.05, 3.63) is 0 Å².